The van der Waals surface area contributed by atoms with Crippen LogP contribution >= 0.6 is 0 Å². The molecule has 0 unspecified atom stereocenters. The summed E-state index contributed by atoms with van der Waals surface area (Å²) in [6.45, 7) is 1.91. The van der Waals surface area contributed by atoms with Crippen molar-refractivity contribution in [2.24, 2.45) is 7.05 Å². The Hall–Kier alpha value is -4.85. The number of esters is 1. The van der Waals surface area contributed by atoms with Crippen LogP contribution in [0.2, 0.25) is 0 Å². The van der Waals surface area contributed by atoms with Gasteiger partial charge in [0.05, 0.1) is 0 Å². The van der Waals surface area contributed by atoms with Crippen LogP contribution in [0, 0.1) is 6.92 Å². The smallest absolute Gasteiger partial charge is 0.410 e. The lowest BCUT2D eigenvalue weighted by atomic mass is 10.0. The van der Waals surface area contributed by atoms with Crippen molar-refractivity contribution >= 4 is 23.0 Å². The van der Waals surface area contributed by atoms with E-state index in [2.05, 4.69) is 4.98 Å². The van der Waals surface area contributed by atoms with Gasteiger partial charge in [-0.25, -0.2) is 14.6 Å². The summed E-state index contributed by atoms with van der Waals surface area (Å²) in [5.74, 6) is -0.0344. The van der Waals surface area contributed by atoms with E-state index in [4.69, 9.17) is 13.9 Å². The second-order valence-corrected chi connectivity index (χ2v) is 9.67. The zero-order chi connectivity index (χ0) is 28.1. The molecule has 1 atom stereocenters. The minimum atomic E-state index is -0.636. The highest BCUT2D eigenvalue weighted by atomic mass is 16.6. The molecule has 0 aliphatic heterocycles. The fourth-order valence-electron chi connectivity index (χ4n) is 4.68. The van der Waals surface area contributed by atoms with Gasteiger partial charge in [-0.15, -0.1) is 0 Å². The van der Waals surface area contributed by atoms with Gasteiger partial charge in [0.2, 0.25) is 5.89 Å². The summed E-state index contributed by atoms with van der Waals surface area (Å²) in [6.07, 6.45) is 1.90. The number of carbonyl (C=O) groups is 2. The number of rotatable bonds is 9. The maximum absolute atomic E-state index is 13.2. The lowest BCUT2D eigenvalue weighted by Crippen LogP contribution is -2.33. The number of hydrogen-bond acceptors (Lipinski definition) is 6. The van der Waals surface area contributed by atoms with Crippen molar-refractivity contribution in [3.05, 3.63) is 125 Å². The molecule has 5 aromatic rings. The first kappa shape index (κ1) is 26.7. The predicted octanol–water partition coefficient (Wildman–Crippen LogP) is 6.38. The fraction of sp³-hybridized carbons (Fsp3) is 0.219. The topological polar surface area (TPSA) is 86.8 Å². The Labute approximate surface area is 232 Å². The Morgan fingerprint density at radius 2 is 1.50 bits per heavy atom. The molecule has 3 aromatic carbocycles. The number of aromatic nitrogens is 2. The van der Waals surface area contributed by atoms with Crippen molar-refractivity contribution < 1.29 is 23.5 Å². The number of aryl methyl sites for hydroxylation is 2. The molecule has 2 heterocycles. The van der Waals surface area contributed by atoms with Gasteiger partial charge in [-0.1, -0.05) is 78.9 Å². The summed E-state index contributed by atoms with van der Waals surface area (Å²) in [4.78, 5) is 32.1. The first-order valence-corrected chi connectivity index (χ1v) is 13.1. The highest BCUT2D eigenvalue weighted by Gasteiger charge is 2.31. The molecule has 5 rings (SSSR count). The van der Waals surface area contributed by atoms with E-state index in [-0.39, 0.29) is 24.8 Å². The zero-order valence-corrected chi connectivity index (χ0v) is 22.7. The van der Waals surface area contributed by atoms with Gasteiger partial charge in [0.1, 0.15) is 25.0 Å². The summed E-state index contributed by atoms with van der Waals surface area (Å²) in [6, 6.07) is 26.3. The third-order valence-electron chi connectivity index (χ3n) is 6.86. The van der Waals surface area contributed by atoms with E-state index in [1.807, 2.05) is 103 Å². The maximum atomic E-state index is 13.2. The molecular weight excluding hydrogens is 506 g/mol. The lowest BCUT2D eigenvalue weighted by Gasteiger charge is -2.25. The van der Waals surface area contributed by atoms with Gasteiger partial charge in [-0.2, -0.15) is 0 Å². The molecule has 8 heteroatoms. The van der Waals surface area contributed by atoms with E-state index in [0.29, 0.717) is 12.2 Å². The number of oxazole rings is 1. The molecule has 1 amide bonds. The van der Waals surface area contributed by atoms with Gasteiger partial charge in [0.25, 0.3) is 0 Å². The second-order valence-electron chi connectivity index (χ2n) is 9.67. The molecule has 0 radical (unpaired) electrons. The maximum Gasteiger partial charge on any atom is 0.410 e. The fourth-order valence-corrected chi connectivity index (χ4v) is 4.68. The van der Waals surface area contributed by atoms with Gasteiger partial charge in [-0.3, -0.25) is 4.90 Å². The molecule has 8 nitrogen and oxygen atoms in total. The highest BCUT2D eigenvalue weighted by Crippen LogP contribution is 2.30. The van der Waals surface area contributed by atoms with Crippen LogP contribution in [0.25, 0.3) is 10.9 Å². The molecule has 0 saturated heterocycles. The summed E-state index contributed by atoms with van der Waals surface area (Å²) in [5.41, 5.74) is 3.91. The molecule has 0 spiro atoms. The van der Waals surface area contributed by atoms with Crippen molar-refractivity contribution in [1.29, 1.82) is 0 Å². The average molecular weight is 538 g/mol. The molecule has 204 valence electrons. The average Bonchev–Trinajstić information content (AvgIpc) is 3.53. The predicted molar refractivity (Wildman–Crippen MR) is 151 cm³/mol. The number of likely N-dealkylation sites (N-methyl/N-ethyl adjacent to an activating group) is 1. The number of para-hydroxylation sites is 1. The van der Waals surface area contributed by atoms with E-state index in [1.54, 1.807) is 14.0 Å². The zero-order valence-electron chi connectivity index (χ0n) is 22.7. The van der Waals surface area contributed by atoms with Gasteiger partial charge >= 0.3 is 12.1 Å². The van der Waals surface area contributed by atoms with Gasteiger partial charge in [0, 0.05) is 37.6 Å². The van der Waals surface area contributed by atoms with Crippen LogP contribution in [0.1, 0.15) is 44.9 Å². The second kappa shape index (κ2) is 11.9. The van der Waals surface area contributed by atoms with Crippen molar-refractivity contribution in [3.8, 4) is 0 Å². The summed E-state index contributed by atoms with van der Waals surface area (Å²) < 4.78 is 19.2. The summed E-state index contributed by atoms with van der Waals surface area (Å²) >= 11 is 0. The molecule has 2 aromatic heterocycles. The third kappa shape index (κ3) is 5.91. The highest BCUT2D eigenvalue weighted by molar-refractivity contribution is 5.88. The van der Waals surface area contributed by atoms with Gasteiger partial charge in [0.15, 0.2) is 5.69 Å². The van der Waals surface area contributed by atoms with Crippen LogP contribution < -0.4 is 0 Å². The molecular formula is C32H31N3O5. The van der Waals surface area contributed by atoms with Gasteiger partial charge in [-0.05, 0) is 29.7 Å². The summed E-state index contributed by atoms with van der Waals surface area (Å²) in [5, 5.41) is 1.06. The minimum Gasteiger partial charge on any atom is -0.456 e. The first-order chi connectivity index (χ1) is 19.4. The Balaban J connectivity index is 1.41. The third-order valence-corrected chi connectivity index (χ3v) is 6.86. The Morgan fingerprint density at radius 1 is 0.900 bits per heavy atom. The van der Waals surface area contributed by atoms with Crippen molar-refractivity contribution in [2.45, 2.75) is 32.6 Å². The van der Waals surface area contributed by atoms with E-state index in [1.165, 1.54) is 4.90 Å². The number of fused-ring (bicyclic) bond motifs is 1. The molecule has 0 bridgehead atoms. The van der Waals surface area contributed by atoms with E-state index >= 15 is 0 Å². The van der Waals surface area contributed by atoms with Gasteiger partial charge < -0.3 is 18.5 Å². The SMILES string of the molecule is Cc1oc([C@@H](Cc2cn(C)c3ccccc23)N(C)C(=O)OCc2ccccc2)nc1C(=O)OCc1ccccc1. The first-order valence-electron chi connectivity index (χ1n) is 13.1. The molecule has 0 aliphatic carbocycles. The van der Waals surface area contributed by atoms with Crippen molar-refractivity contribution in [1.82, 2.24) is 14.5 Å². The monoisotopic (exact) mass is 537 g/mol. The lowest BCUT2D eigenvalue weighted by molar-refractivity contribution is 0.0464. The number of ether oxygens (including phenoxy) is 2. The van der Waals surface area contributed by atoms with E-state index < -0.39 is 18.1 Å². The van der Waals surface area contributed by atoms with Crippen molar-refractivity contribution in [3.63, 3.8) is 0 Å². The van der Waals surface area contributed by atoms with E-state index in [0.717, 1.165) is 27.6 Å². The number of amides is 1. The number of hydrogen-bond donors (Lipinski definition) is 0. The van der Waals surface area contributed by atoms with Crippen LogP contribution in [-0.2, 0) is 36.2 Å². The van der Waals surface area contributed by atoms with Crippen LogP contribution in [0.5, 0.6) is 0 Å². The molecule has 0 saturated carbocycles. The quantitative estimate of drug-likeness (QED) is 0.203. The normalized spacial score (nSPS) is 11.8. The minimum absolute atomic E-state index is 0.0832. The molecule has 0 fully saturated rings. The number of carbonyl (C=O) groups excluding carboxylic acids is 2. The Kier molecular flexibility index (Phi) is 7.96. The number of nitrogens with zero attached hydrogens (tertiary/aromatic N) is 3. The largest absolute Gasteiger partial charge is 0.456 e. The Bertz CT molecular complexity index is 1610. The summed E-state index contributed by atoms with van der Waals surface area (Å²) in [7, 11) is 3.63. The Morgan fingerprint density at radius 3 is 2.17 bits per heavy atom. The molecule has 0 N–H and O–H groups in total. The standard InChI is InChI=1S/C32H31N3O5/c1-22-29(31(36)38-20-23-12-6-4-7-13-23)33-30(40-22)28(18-25-19-34(2)27-17-11-10-16-26(25)27)35(3)32(37)39-21-24-14-8-5-9-15-24/h4-17,19,28H,18,20-21H2,1-3H3/t28-/m1/s1. The van der Waals surface area contributed by atoms with Crippen LogP contribution in [0.15, 0.2) is 95.5 Å². The number of benzene rings is 3. The van der Waals surface area contributed by atoms with Crippen molar-refractivity contribution in [2.75, 3.05) is 7.05 Å². The molecule has 40 heavy (non-hydrogen) atoms. The van der Waals surface area contributed by atoms with E-state index in [9.17, 15) is 9.59 Å². The van der Waals surface area contributed by atoms with Crippen LogP contribution in [0.4, 0.5) is 4.79 Å². The van der Waals surface area contributed by atoms with Crippen LogP contribution in [0.3, 0.4) is 0 Å². The molecule has 0 aliphatic rings. The van der Waals surface area contributed by atoms with Crippen LogP contribution in [-0.4, -0.2) is 33.6 Å².